The molecule has 0 unspecified atom stereocenters. The highest BCUT2D eigenvalue weighted by atomic mass is 35.5. The molecule has 410 valence electrons. The number of hydrogen-bond donors (Lipinski definition) is 1. The van der Waals surface area contributed by atoms with Crippen LogP contribution in [0.15, 0.2) is 255 Å². The summed E-state index contributed by atoms with van der Waals surface area (Å²) in [5.74, 6) is 0. The summed E-state index contributed by atoms with van der Waals surface area (Å²) >= 11 is 29.6. The van der Waals surface area contributed by atoms with Crippen molar-refractivity contribution in [3.05, 3.63) is 275 Å². The quantitative estimate of drug-likeness (QED) is 0.153. The molecule has 17 aromatic rings. The largest absolute Gasteiger partial charge is 0.355 e. The number of rotatable bonds is 8. The van der Waals surface area contributed by atoms with Gasteiger partial charge in [0.2, 0.25) is 0 Å². The Morgan fingerprint density at radius 3 is 1.12 bits per heavy atom. The zero-order valence-electron chi connectivity index (χ0n) is 44.6. The molecule has 6 aromatic heterocycles. The number of thiazole rings is 3. The van der Waals surface area contributed by atoms with Gasteiger partial charge in [0.1, 0.15) is 0 Å². The fraction of sp³-hybridized carbons (Fsp3) is 0. The first-order valence-corrected chi connectivity index (χ1v) is 31.1. The number of imidazole rings is 3. The number of nitrogens with zero attached hydrogens (tertiary/aromatic N) is 8. The Bertz CT molecular complexity index is 5100. The molecule has 0 atom stereocenters. The lowest BCUT2D eigenvalue weighted by atomic mass is 10.1. The van der Waals surface area contributed by atoms with Crippen LogP contribution in [0.3, 0.4) is 0 Å². The normalized spacial score (nSPS) is 11.5. The van der Waals surface area contributed by atoms with Crippen molar-refractivity contribution >= 4 is 205 Å². The van der Waals surface area contributed by atoms with Crippen molar-refractivity contribution in [3.63, 3.8) is 0 Å². The summed E-state index contributed by atoms with van der Waals surface area (Å²) in [7, 11) is 0. The first-order valence-electron chi connectivity index (χ1n) is 27.1. The second-order valence-electron chi connectivity index (χ2n) is 19.9. The summed E-state index contributed by atoms with van der Waals surface area (Å²) in [6.07, 6.45) is 0. The molecule has 17 rings (SSSR count). The van der Waals surface area contributed by atoms with Gasteiger partial charge in [-0.05, 0) is 152 Å². The van der Waals surface area contributed by atoms with Crippen molar-refractivity contribution in [2.24, 2.45) is 0 Å². The van der Waals surface area contributed by atoms with Gasteiger partial charge in [0, 0.05) is 34.1 Å². The molecule has 0 saturated carbocycles. The van der Waals surface area contributed by atoms with Crippen LogP contribution >= 0.6 is 80.4 Å². The van der Waals surface area contributed by atoms with Crippen molar-refractivity contribution < 1.29 is 0 Å². The lowest BCUT2D eigenvalue weighted by Gasteiger charge is -2.31. The van der Waals surface area contributed by atoms with E-state index in [4.69, 9.17) is 61.4 Å². The second-order valence-corrected chi connectivity index (χ2v) is 24.5. The Balaban J connectivity index is 0.000000156. The van der Waals surface area contributed by atoms with Gasteiger partial charge in [0.15, 0.2) is 14.9 Å². The Morgan fingerprint density at radius 2 is 0.682 bits per heavy atom. The highest BCUT2D eigenvalue weighted by molar-refractivity contribution is 7.24. The highest BCUT2D eigenvalue weighted by Gasteiger charge is 2.24. The SMILES string of the molecule is Clc1c(N(c2ccccc2)c2ccc3nc4sc5ccccc5n4c3c2)cccc1N(c1ccccc1)c1ccc2nc3sc4ccccc4n3c2c1.Clc1cccc(Cl)c1Cl.c1ccc(Nc2ccc3nc4sc5ccccc5n4c3c2)cc1. The molecular weight excluding hydrogens is 1190 g/mol. The van der Waals surface area contributed by atoms with Crippen LogP contribution < -0.4 is 15.1 Å². The topological polar surface area (TPSA) is 70.4 Å². The zero-order chi connectivity index (χ0) is 57.1. The number of fused-ring (bicyclic) bond motifs is 15. The van der Waals surface area contributed by atoms with E-state index in [1.807, 2.05) is 30.3 Å². The smallest absolute Gasteiger partial charge is 0.195 e. The molecular formula is C69H43Cl4N9S3. The maximum absolute atomic E-state index is 7.69. The summed E-state index contributed by atoms with van der Waals surface area (Å²) in [4.78, 5) is 22.2. The van der Waals surface area contributed by atoms with Gasteiger partial charge >= 0.3 is 0 Å². The minimum Gasteiger partial charge on any atom is -0.355 e. The molecule has 9 nitrogen and oxygen atoms in total. The summed E-state index contributed by atoms with van der Waals surface area (Å²) in [5.41, 5.74) is 17.6. The molecule has 0 spiro atoms. The van der Waals surface area contributed by atoms with E-state index in [-0.39, 0.29) is 0 Å². The average Bonchev–Trinajstić information content (AvgIpc) is 2.96. The minimum absolute atomic E-state index is 0.417. The fourth-order valence-corrected chi connectivity index (χ4v) is 14.8. The Kier molecular flexibility index (Phi) is 13.8. The van der Waals surface area contributed by atoms with E-state index in [1.54, 1.807) is 52.2 Å². The van der Waals surface area contributed by atoms with Gasteiger partial charge in [-0.15, -0.1) is 0 Å². The number of aromatic nitrogens is 6. The number of nitrogens with one attached hydrogen (secondary N) is 1. The molecule has 85 heavy (non-hydrogen) atoms. The number of anilines is 8. The summed E-state index contributed by atoms with van der Waals surface area (Å²) in [5, 5.41) is 5.47. The van der Waals surface area contributed by atoms with Gasteiger partial charge in [-0.3, -0.25) is 13.2 Å². The summed E-state index contributed by atoms with van der Waals surface area (Å²) in [6, 6.07) is 87.1. The van der Waals surface area contributed by atoms with E-state index >= 15 is 0 Å². The number of para-hydroxylation sites is 6. The van der Waals surface area contributed by atoms with Gasteiger partial charge in [-0.2, -0.15) is 0 Å². The maximum Gasteiger partial charge on any atom is 0.195 e. The summed E-state index contributed by atoms with van der Waals surface area (Å²) in [6.45, 7) is 0. The van der Waals surface area contributed by atoms with E-state index in [9.17, 15) is 0 Å². The van der Waals surface area contributed by atoms with Crippen LogP contribution in [-0.4, -0.2) is 28.2 Å². The van der Waals surface area contributed by atoms with Gasteiger partial charge in [0.05, 0.1) is 95.2 Å². The first-order chi connectivity index (χ1) is 41.8. The standard InChI is InChI=1S/C44H27ClN6S2.C19H13N3S.C6H3Cl3/c45-42-36(48(28-12-3-1-4-13-28)30-22-24-32-38(26-30)50-34-16-7-9-20-40(34)52-43(50)46-32)18-11-19-37(42)49(29-14-5-2-6-15-29)31-23-25-33-39(27-31)51-35-17-8-10-21-41(35)53-44(51)47-33;1-2-6-13(7-3-1)20-14-10-11-15-17(12-14)22-16-8-4-5-9-18(16)23-19(22)21-15;7-4-2-1-3-5(8)6(4)9/h1-27H;1-12,20H;1-3H. The molecule has 0 amide bonds. The van der Waals surface area contributed by atoms with Crippen LogP contribution in [0.4, 0.5) is 45.5 Å². The van der Waals surface area contributed by atoms with Crippen LogP contribution in [0.1, 0.15) is 0 Å². The van der Waals surface area contributed by atoms with Gasteiger partial charge in [-0.1, -0.05) is 184 Å². The molecule has 1 N–H and O–H groups in total. The van der Waals surface area contributed by atoms with Crippen LogP contribution in [0.25, 0.3) is 78.6 Å². The minimum atomic E-state index is 0.417. The van der Waals surface area contributed by atoms with Crippen molar-refractivity contribution in [1.82, 2.24) is 28.2 Å². The van der Waals surface area contributed by atoms with E-state index in [0.29, 0.717) is 20.1 Å². The van der Waals surface area contributed by atoms with Gasteiger partial charge in [0.25, 0.3) is 0 Å². The molecule has 0 aliphatic heterocycles. The molecule has 16 heteroatoms. The number of hydrogen-bond acceptors (Lipinski definition) is 9. The molecule has 0 aliphatic rings. The predicted octanol–water partition coefficient (Wildman–Crippen LogP) is 22.4. The Labute approximate surface area is 518 Å². The summed E-state index contributed by atoms with van der Waals surface area (Å²) < 4.78 is 10.4. The van der Waals surface area contributed by atoms with E-state index in [1.165, 1.54) is 19.6 Å². The first kappa shape index (κ1) is 52.8. The monoisotopic (exact) mass is 1230 g/mol. The van der Waals surface area contributed by atoms with Crippen LogP contribution in [0.2, 0.25) is 20.1 Å². The lowest BCUT2D eigenvalue weighted by Crippen LogP contribution is -2.14. The Morgan fingerprint density at radius 1 is 0.306 bits per heavy atom. The second kappa shape index (κ2) is 22.2. The lowest BCUT2D eigenvalue weighted by molar-refractivity contribution is 1.25. The maximum atomic E-state index is 7.69. The van der Waals surface area contributed by atoms with Crippen molar-refractivity contribution in [1.29, 1.82) is 0 Å². The number of benzene rings is 11. The van der Waals surface area contributed by atoms with Crippen LogP contribution in [0, 0.1) is 0 Å². The molecule has 0 radical (unpaired) electrons. The highest BCUT2D eigenvalue weighted by Crippen LogP contribution is 2.48. The van der Waals surface area contributed by atoms with E-state index in [2.05, 4.69) is 235 Å². The van der Waals surface area contributed by atoms with Crippen molar-refractivity contribution in [2.75, 3.05) is 15.1 Å². The van der Waals surface area contributed by atoms with Crippen molar-refractivity contribution in [2.45, 2.75) is 0 Å². The van der Waals surface area contributed by atoms with Crippen molar-refractivity contribution in [3.8, 4) is 0 Å². The zero-order valence-corrected chi connectivity index (χ0v) is 50.0. The fourth-order valence-electron chi connectivity index (χ4n) is 10.9. The third-order valence-electron chi connectivity index (χ3n) is 14.7. The molecule has 11 aromatic carbocycles. The van der Waals surface area contributed by atoms with E-state index < -0.39 is 0 Å². The third kappa shape index (κ3) is 9.71. The third-order valence-corrected chi connectivity index (χ3v) is 19.4. The van der Waals surface area contributed by atoms with E-state index in [0.717, 1.165) is 105 Å². The van der Waals surface area contributed by atoms with Gasteiger partial charge < -0.3 is 15.1 Å². The average molecular weight is 1240 g/mol. The molecule has 0 fully saturated rings. The van der Waals surface area contributed by atoms with Crippen LogP contribution in [-0.2, 0) is 0 Å². The Hall–Kier alpha value is -8.95. The van der Waals surface area contributed by atoms with Crippen LogP contribution in [0.5, 0.6) is 0 Å². The molecule has 0 aliphatic carbocycles. The molecule has 0 bridgehead atoms. The number of halogens is 4. The molecule has 0 saturated heterocycles. The predicted molar refractivity (Wildman–Crippen MR) is 363 cm³/mol. The molecule has 6 heterocycles. The van der Waals surface area contributed by atoms with Gasteiger partial charge in [-0.25, -0.2) is 15.0 Å².